The summed E-state index contributed by atoms with van der Waals surface area (Å²) in [6.45, 7) is 2.71. The molecule has 0 amide bonds. The van der Waals surface area contributed by atoms with E-state index in [1.54, 1.807) is 11.0 Å². The fourth-order valence-electron chi connectivity index (χ4n) is 2.11. The summed E-state index contributed by atoms with van der Waals surface area (Å²) in [5, 5.41) is 19.0. The zero-order valence-corrected chi connectivity index (χ0v) is 11.4. The van der Waals surface area contributed by atoms with Gasteiger partial charge in [-0.3, -0.25) is 4.68 Å². The average molecular weight is 269 g/mol. The number of benzene rings is 1. The molecule has 0 aliphatic carbocycles. The van der Waals surface area contributed by atoms with Gasteiger partial charge in [-0.1, -0.05) is 12.1 Å². The van der Waals surface area contributed by atoms with Crippen LogP contribution in [-0.2, 0) is 13.6 Å². The second kappa shape index (κ2) is 5.12. The molecule has 20 heavy (non-hydrogen) atoms. The number of aryl methyl sites for hydroxylation is 2. The van der Waals surface area contributed by atoms with E-state index in [4.69, 9.17) is 0 Å². The zero-order chi connectivity index (χ0) is 13.9. The molecule has 0 saturated heterocycles. The van der Waals surface area contributed by atoms with E-state index < -0.39 is 0 Å². The topological polar surface area (TPSA) is 73.5 Å². The van der Waals surface area contributed by atoms with Gasteiger partial charge < -0.3 is 5.32 Å². The van der Waals surface area contributed by atoms with Crippen molar-refractivity contribution in [2.24, 2.45) is 7.05 Å². The van der Waals surface area contributed by atoms with Crippen molar-refractivity contribution in [3.05, 3.63) is 48.0 Å². The van der Waals surface area contributed by atoms with E-state index in [9.17, 15) is 0 Å². The molecule has 0 saturated carbocycles. The number of hydrogen-bond acceptors (Lipinski definition) is 5. The van der Waals surface area contributed by atoms with Crippen molar-refractivity contribution in [2.75, 3.05) is 5.32 Å². The smallest absolute Gasteiger partial charge is 0.143 e. The summed E-state index contributed by atoms with van der Waals surface area (Å²) < 4.78 is 3.46. The second-order valence-electron chi connectivity index (χ2n) is 4.54. The lowest BCUT2D eigenvalue weighted by Crippen LogP contribution is -2.05. The third kappa shape index (κ3) is 2.37. The minimum atomic E-state index is 0.707. The summed E-state index contributed by atoms with van der Waals surface area (Å²) in [5.41, 5.74) is 4.08. The molecule has 1 N–H and O–H groups in total. The molecule has 0 unspecified atom stereocenters. The Morgan fingerprint density at radius 1 is 1.25 bits per heavy atom. The zero-order valence-electron chi connectivity index (χ0n) is 11.4. The highest BCUT2D eigenvalue weighted by atomic mass is 15.5. The molecule has 0 fully saturated rings. The van der Waals surface area contributed by atoms with Gasteiger partial charge in [-0.2, -0.15) is 9.78 Å². The van der Waals surface area contributed by atoms with Crippen LogP contribution >= 0.6 is 0 Å². The minimum absolute atomic E-state index is 0.707. The van der Waals surface area contributed by atoms with Crippen molar-refractivity contribution < 1.29 is 0 Å². The molecule has 0 spiro atoms. The summed E-state index contributed by atoms with van der Waals surface area (Å²) in [6.07, 6.45) is 3.60. The Hall–Kier alpha value is -2.70. The number of nitrogens with one attached hydrogen (secondary N) is 1. The number of tetrazole rings is 1. The average Bonchev–Trinajstić information content (AvgIpc) is 3.07. The van der Waals surface area contributed by atoms with Crippen LogP contribution in [0.3, 0.4) is 0 Å². The molecule has 1 aromatic carbocycles. The molecule has 7 heteroatoms. The van der Waals surface area contributed by atoms with Gasteiger partial charge in [0.1, 0.15) is 6.33 Å². The molecule has 0 radical (unpaired) electrons. The summed E-state index contributed by atoms with van der Waals surface area (Å²) in [5.74, 6) is 0. The highest BCUT2D eigenvalue weighted by Crippen LogP contribution is 2.19. The lowest BCUT2D eigenvalue weighted by atomic mass is 10.2. The molecule has 102 valence electrons. The fraction of sp³-hybridized carbons (Fsp3) is 0.231. The summed E-state index contributed by atoms with van der Waals surface area (Å²) in [4.78, 5) is 0. The van der Waals surface area contributed by atoms with Crippen molar-refractivity contribution in [1.82, 2.24) is 30.0 Å². The van der Waals surface area contributed by atoms with Crippen LogP contribution in [0.5, 0.6) is 0 Å². The van der Waals surface area contributed by atoms with Crippen molar-refractivity contribution in [3.8, 4) is 5.69 Å². The van der Waals surface area contributed by atoms with Crippen molar-refractivity contribution in [1.29, 1.82) is 0 Å². The summed E-state index contributed by atoms with van der Waals surface area (Å²) in [6, 6.07) is 7.90. The number of rotatable bonds is 4. The van der Waals surface area contributed by atoms with Crippen LogP contribution in [0.15, 0.2) is 36.8 Å². The van der Waals surface area contributed by atoms with Crippen LogP contribution in [-0.4, -0.2) is 30.0 Å². The highest BCUT2D eigenvalue weighted by Gasteiger charge is 2.07. The van der Waals surface area contributed by atoms with Crippen molar-refractivity contribution in [3.63, 3.8) is 0 Å². The number of aromatic nitrogens is 6. The number of para-hydroxylation sites is 2. The third-order valence-corrected chi connectivity index (χ3v) is 3.08. The quantitative estimate of drug-likeness (QED) is 0.773. The molecular weight excluding hydrogens is 254 g/mol. The van der Waals surface area contributed by atoms with Crippen LogP contribution in [0.4, 0.5) is 5.69 Å². The maximum Gasteiger partial charge on any atom is 0.143 e. The SMILES string of the molecule is Cc1nn(C)cc1CNc1ccccc1-n1cnnn1. The van der Waals surface area contributed by atoms with Gasteiger partial charge in [0.25, 0.3) is 0 Å². The van der Waals surface area contributed by atoms with Crippen LogP contribution < -0.4 is 5.32 Å². The normalized spacial score (nSPS) is 10.7. The predicted octanol–water partition coefficient (Wildman–Crippen LogP) is 1.32. The van der Waals surface area contributed by atoms with Gasteiger partial charge in [-0.05, 0) is 29.5 Å². The molecule has 0 aliphatic heterocycles. The Kier molecular flexibility index (Phi) is 3.16. The first-order valence-electron chi connectivity index (χ1n) is 6.29. The van der Waals surface area contributed by atoms with Crippen LogP contribution in [0.25, 0.3) is 5.69 Å². The first-order chi connectivity index (χ1) is 9.74. The summed E-state index contributed by atoms with van der Waals surface area (Å²) in [7, 11) is 1.92. The van der Waals surface area contributed by atoms with E-state index in [2.05, 4.69) is 25.9 Å². The van der Waals surface area contributed by atoms with E-state index in [1.807, 2.05) is 49.1 Å². The molecular formula is C13H15N7. The fourth-order valence-corrected chi connectivity index (χ4v) is 2.11. The Labute approximate surface area is 116 Å². The highest BCUT2D eigenvalue weighted by molar-refractivity contribution is 5.60. The molecule has 0 bridgehead atoms. The van der Waals surface area contributed by atoms with E-state index in [0.717, 1.165) is 17.1 Å². The standard InChI is InChI=1S/C13H15N7/c1-10-11(8-19(2)16-10)7-14-12-5-3-4-6-13(12)20-9-15-17-18-20/h3-6,8-9,14H,7H2,1-2H3. The lowest BCUT2D eigenvalue weighted by molar-refractivity contribution is 0.756. The van der Waals surface area contributed by atoms with Gasteiger partial charge in [0.15, 0.2) is 0 Å². The largest absolute Gasteiger partial charge is 0.379 e. The maximum atomic E-state index is 4.33. The van der Waals surface area contributed by atoms with Gasteiger partial charge >= 0.3 is 0 Å². The monoisotopic (exact) mass is 269 g/mol. The van der Waals surface area contributed by atoms with Crippen molar-refractivity contribution >= 4 is 5.69 Å². The first kappa shape index (κ1) is 12.3. The number of nitrogens with zero attached hydrogens (tertiary/aromatic N) is 6. The van der Waals surface area contributed by atoms with E-state index in [1.165, 1.54) is 5.56 Å². The van der Waals surface area contributed by atoms with Gasteiger partial charge in [-0.25, -0.2) is 0 Å². The lowest BCUT2D eigenvalue weighted by Gasteiger charge is -2.10. The molecule has 3 rings (SSSR count). The number of hydrogen-bond donors (Lipinski definition) is 1. The Balaban J connectivity index is 1.83. The van der Waals surface area contributed by atoms with Crippen molar-refractivity contribution in [2.45, 2.75) is 13.5 Å². The van der Waals surface area contributed by atoms with Gasteiger partial charge in [0.2, 0.25) is 0 Å². The van der Waals surface area contributed by atoms with Gasteiger partial charge in [0, 0.05) is 25.4 Å². The first-order valence-corrected chi connectivity index (χ1v) is 6.29. The van der Waals surface area contributed by atoms with Gasteiger partial charge in [0.05, 0.1) is 17.1 Å². The molecule has 3 aromatic rings. The van der Waals surface area contributed by atoms with Gasteiger partial charge in [-0.15, -0.1) is 5.10 Å². The van der Waals surface area contributed by atoms with E-state index in [-0.39, 0.29) is 0 Å². The Morgan fingerprint density at radius 2 is 2.10 bits per heavy atom. The Bertz CT molecular complexity index is 699. The van der Waals surface area contributed by atoms with Crippen LogP contribution in [0.2, 0.25) is 0 Å². The number of anilines is 1. The molecule has 7 nitrogen and oxygen atoms in total. The van der Waals surface area contributed by atoms with Crippen LogP contribution in [0, 0.1) is 6.92 Å². The molecule has 0 atom stereocenters. The summed E-state index contributed by atoms with van der Waals surface area (Å²) >= 11 is 0. The van der Waals surface area contributed by atoms with E-state index >= 15 is 0 Å². The molecule has 0 aliphatic rings. The Morgan fingerprint density at radius 3 is 2.80 bits per heavy atom. The second-order valence-corrected chi connectivity index (χ2v) is 4.54. The minimum Gasteiger partial charge on any atom is -0.379 e. The van der Waals surface area contributed by atoms with E-state index in [0.29, 0.717) is 6.54 Å². The molecule has 2 heterocycles. The molecule has 2 aromatic heterocycles. The predicted molar refractivity (Wildman–Crippen MR) is 74.4 cm³/mol. The maximum absolute atomic E-state index is 4.33. The van der Waals surface area contributed by atoms with Crippen LogP contribution in [0.1, 0.15) is 11.3 Å². The third-order valence-electron chi connectivity index (χ3n) is 3.08.